The number of rotatable bonds is 7. The second-order valence-electron chi connectivity index (χ2n) is 6.12. The van der Waals surface area contributed by atoms with E-state index in [1.807, 2.05) is 4.90 Å². The molecule has 0 saturated carbocycles. The minimum atomic E-state index is -0.384. The topological polar surface area (TPSA) is 59.5 Å². The number of hydrogen-bond donors (Lipinski definition) is 0. The number of hydrogen-bond acceptors (Lipinski definition) is 6. The predicted octanol–water partition coefficient (Wildman–Crippen LogP) is 4.08. The number of amides is 1. The van der Waals surface area contributed by atoms with Gasteiger partial charge < -0.3 is 9.64 Å². The van der Waals surface area contributed by atoms with Crippen LogP contribution in [0, 0.1) is 6.92 Å². The molecule has 0 aliphatic carbocycles. The summed E-state index contributed by atoms with van der Waals surface area (Å²) in [4.78, 5) is 30.2. The summed E-state index contributed by atoms with van der Waals surface area (Å²) in [5.41, 5.74) is 2.78. The van der Waals surface area contributed by atoms with E-state index < -0.39 is 0 Å². The highest BCUT2D eigenvalue weighted by Gasteiger charge is 2.31. The molecule has 2 heterocycles. The summed E-state index contributed by atoms with van der Waals surface area (Å²) in [7, 11) is 0. The zero-order valence-corrected chi connectivity index (χ0v) is 16.6. The van der Waals surface area contributed by atoms with Gasteiger partial charge in [0.05, 0.1) is 12.6 Å². The Kier molecular flexibility index (Phi) is 6.32. The third-order valence-corrected chi connectivity index (χ3v) is 6.32. The number of thiazole rings is 1. The lowest BCUT2D eigenvalue weighted by Gasteiger charge is -2.25. The average molecular weight is 391 g/mol. The van der Waals surface area contributed by atoms with Crippen LogP contribution in [0.3, 0.4) is 0 Å². The Labute approximate surface area is 161 Å². The second-order valence-corrected chi connectivity index (χ2v) is 8.32. The van der Waals surface area contributed by atoms with Crippen LogP contribution in [-0.2, 0) is 9.53 Å². The van der Waals surface area contributed by atoms with Gasteiger partial charge in [0.1, 0.15) is 0 Å². The summed E-state index contributed by atoms with van der Waals surface area (Å²) in [5.74, 6) is 0.580. The standard InChI is InChI=1S/C19H22N2O3S2/c1-3-24-18(23)15-12-26-19(20-15)25-11-10-21-16(8-9-17(21)22)14-6-4-13(2)5-7-14/h4-7,12,16H,3,8-11H2,1-2H3. The molecule has 1 amide bonds. The molecule has 0 radical (unpaired) electrons. The maximum atomic E-state index is 12.3. The van der Waals surface area contributed by atoms with E-state index in [4.69, 9.17) is 4.74 Å². The number of esters is 1. The molecule has 1 aliphatic rings. The fraction of sp³-hybridized carbons (Fsp3) is 0.421. The number of thioether (sulfide) groups is 1. The van der Waals surface area contributed by atoms with Crippen LogP contribution in [-0.4, -0.2) is 40.7 Å². The SMILES string of the molecule is CCOC(=O)c1csc(SCCN2C(=O)CCC2c2ccc(C)cc2)n1. The van der Waals surface area contributed by atoms with Crippen LogP contribution in [0.5, 0.6) is 0 Å². The van der Waals surface area contributed by atoms with Gasteiger partial charge >= 0.3 is 5.97 Å². The van der Waals surface area contributed by atoms with Crippen molar-refractivity contribution >= 4 is 35.0 Å². The lowest BCUT2D eigenvalue weighted by molar-refractivity contribution is -0.128. The molecule has 1 atom stereocenters. The maximum absolute atomic E-state index is 12.3. The Hall–Kier alpha value is -1.86. The first-order chi connectivity index (χ1) is 12.6. The van der Waals surface area contributed by atoms with Gasteiger partial charge in [0.2, 0.25) is 5.91 Å². The summed E-state index contributed by atoms with van der Waals surface area (Å²) in [6.45, 7) is 4.86. The molecule has 0 N–H and O–H groups in total. The van der Waals surface area contributed by atoms with E-state index in [1.54, 1.807) is 24.1 Å². The Balaban J connectivity index is 1.57. The molecule has 1 aliphatic heterocycles. The molecule has 7 heteroatoms. The number of benzene rings is 1. The van der Waals surface area contributed by atoms with Crippen LogP contribution in [0.25, 0.3) is 0 Å². The van der Waals surface area contributed by atoms with E-state index in [0.717, 1.165) is 16.5 Å². The van der Waals surface area contributed by atoms with E-state index in [2.05, 4.69) is 36.2 Å². The molecular formula is C19H22N2O3S2. The molecule has 0 bridgehead atoms. The lowest BCUT2D eigenvalue weighted by Crippen LogP contribution is -2.29. The van der Waals surface area contributed by atoms with Gasteiger partial charge in [0.25, 0.3) is 0 Å². The number of aryl methyl sites for hydroxylation is 1. The van der Waals surface area contributed by atoms with Crippen molar-refractivity contribution in [2.24, 2.45) is 0 Å². The van der Waals surface area contributed by atoms with Gasteiger partial charge in [-0.3, -0.25) is 4.79 Å². The van der Waals surface area contributed by atoms with Crippen LogP contribution in [0.2, 0.25) is 0 Å². The van der Waals surface area contributed by atoms with Crippen molar-refractivity contribution in [1.29, 1.82) is 0 Å². The molecule has 1 aromatic carbocycles. The third-order valence-electron chi connectivity index (χ3n) is 4.32. The van der Waals surface area contributed by atoms with Crippen molar-refractivity contribution < 1.29 is 14.3 Å². The first-order valence-corrected chi connectivity index (χ1v) is 10.6. The van der Waals surface area contributed by atoms with E-state index in [0.29, 0.717) is 25.3 Å². The fourth-order valence-electron chi connectivity index (χ4n) is 3.00. The minimum Gasteiger partial charge on any atom is -0.461 e. The first-order valence-electron chi connectivity index (χ1n) is 8.70. The zero-order chi connectivity index (χ0) is 18.5. The van der Waals surface area contributed by atoms with Gasteiger partial charge in [-0.15, -0.1) is 11.3 Å². The van der Waals surface area contributed by atoms with Crippen LogP contribution in [0.4, 0.5) is 0 Å². The Morgan fingerprint density at radius 3 is 2.88 bits per heavy atom. The zero-order valence-electron chi connectivity index (χ0n) is 14.9. The highest BCUT2D eigenvalue weighted by molar-refractivity contribution is 8.01. The minimum absolute atomic E-state index is 0.162. The molecule has 1 saturated heterocycles. The Morgan fingerprint density at radius 1 is 1.38 bits per heavy atom. The number of ether oxygens (including phenoxy) is 1. The molecule has 138 valence electrons. The predicted molar refractivity (Wildman–Crippen MR) is 104 cm³/mol. The smallest absolute Gasteiger partial charge is 0.357 e. The molecular weight excluding hydrogens is 368 g/mol. The highest BCUT2D eigenvalue weighted by Crippen LogP contribution is 2.33. The van der Waals surface area contributed by atoms with Crippen LogP contribution in [0.1, 0.15) is 47.4 Å². The number of carbonyl (C=O) groups excluding carboxylic acids is 2. The van der Waals surface area contributed by atoms with Crippen molar-refractivity contribution in [3.8, 4) is 0 Å². The molecule has 3 rings (SSSR count). The largest absolute Gasteiger partial charge is 0.461 e. The van der Waals surface area contributed by atoms with Crippen molar-refractivity contribution in [3.63, 3.8) is 0 Å². The van der Waals surface area contributed by atoms with Crippen molar-refractivity contribution in [1.82, 2.24) is 9.88 Å². The molecule has 26 heavy (non-hydrogen) atoms. The number of carbonyl (C=O) groups is 2. The molecule has 0 spiro atoms. The van der Waals surface area contributed by atoms with E-state index in [-0.39, 0.29) is 17.9 Å². The number of likely N-dealkylation sites (tertiary alicyclic amines) is 1. The molecule has 2 aromatic rings. The van der Waals surface area contributed by atoms with E-state index in [9.17, 15) is 9.59 Å². The van der Waals surface area contributed by atoms with Gasteiger partial charge in [-0.25, -0.2) is 9.78 Å². The fourth-order valence-corrected chi connectivity index (χ4v) is 4.81. The maximum Gasteiger partial charge on any atom is 0.357 e. The van der Waals surface area contributed by atoms with E-state index in [1.165, 1.54) is 22.5 Å². The highest BCUT2D eigenvalue weighted by atomic mass is 32.2. The van der Waals surface area contributed by atoms with Gasteiger partial charge in [0, 0.05) is 24.1 Å². The first kappa shape index (κ1) is 18.9. The van der Waals surface area contributed by atoms with Crippen LogP contribution < -0.4 is 0 Å². The molecule has 1 fully saturated rings. The second kappa shape index (κ2) is 8.68. The van der Waals surface area contributed by atoms with E-state index >= 15 is 0 Å². The van der Waals surface area contributed by atoms with Crippen LogP contribution >= 0.6 is 23.1 Å². The summed E-state index contributed by atoms with van der Waals surface area (Å²) in [6, 6.07) is 8.58. The van der Waals surface area contributed by atoms with Crippen molar-refractivity contribution in [3.05, 3.63) is 46.5 Å². The summed E-state index contributed by atoms with van der Waals surface area (Å²) in [5, 5.41) is 1.72. The number of nitrogens with zero attached hydrogens (tertiary/aromatic N) is 2. The summed E-state index contributed by atoms with van der Waals surface area (Å²) < 4.78 is 5.78. The monoisotopic (exact) mass is 390 g/mol. The third kappa shape index (κ3) is 4.45. The Bertz CT molecular complexity index is 773. The number of aromatic nitrogens is 1. The van der Waals surface area contributed by atoms with Crippen molar-refractivity contribution in [2.45, 2.75) is 37.1 Å². The van der Waals surface area contributed by atoms with Gasteiger partial charge in [-0.1, -0.05) is 41.6 Å². The summed E-state index contributed by atoms with van der Waals surface area (Å²) in [6.07, 6.45) is 1.48. The summed E-state index contributed by atoms with van der Waals surface area (Å²) >= 11 is 3.00. The Morgan fingerprint density at radius 2 is 2.15 bits per heavy atom. The normalized spacial score (nSPS) is 16.9. The quantitative estimate of drug-likeness (QED) is 0.526. The van der Waals surface area contributed by atoms with Crippen LogP contribution in [0.15, 0.2) is 34.0 Å². The lowest BCUT2D eigenvalue weighted by atomic mass is 10.0. The molecule has 5 nitrogen and oxygen atoms in total. The van der Waals surface area contributed by atoms with Gasteiger partial charge in [-0.05, 0) is 25.8 Å². The van der Waals surface area contributed by atoms with Crippen molar-refractivity contribution in [2.75, 3.05) is 18.9 Å². The average Bonchev–Trinajstić information content (AvgIpc) is 3.24. The van der Waals surface area contributed by atoms with Gasteiger partial charge in [0.15, 0.2) is 10.0 Å². The molecule has 1 unspecified atom stereocenters. The van der Waals surface area contributed by atoms with Gasteiger partial charge in [-0.2, -0.15) is 0 Å². The molecule has 1 aromatic heterocycles.